The number of aromatic carboxylic acids is 1. The quantitative estimate of drug-likeness (QED) is 0.800. The first-order valence-corrected chi connectivity index (χ1v) is 7.06. The van der Waals surface area contributed by atoms with E-state index in [1.165, 1.54) is 0 Å². The van der Waals surface area contributed by atoms with Gasteiger partial charge in [0.1, 0.15) is 11.4 Å². The van der Waals surface area contributed by atoms with Crippen LogP contribution in [0.25, 0.3) is 10.9 Å². The summed E-state index contributed by atoms with van der Waals surface area (Å²) >= 11 is 12.1. The number of carboxylic acids is 1. The van der Waals surface area contributed by atoms with E-state index in [9.17, 15) is 9.90 Å². The van der Waals surface area contributed by atoms with Crippen molar-refractivity contribution in [2.24, 2.45) is 0 Å². The second-order valence-corrected chi connectivity index (χ2v) is 5.21. The summed E-state index contributed by atoms with van der Waals surface area (Å²) in [6, 6.07) is 5.04. The van der Waals surface area contributed by atoms with E-state index >= 15 is 0 Å². The standard InChI is InChI=1S/C14H14Cl2N2O2/c1-2-3-6-17-13-11(14(19)20)12(16)9-7-8(15)4-5-10(9)18-13/h4-5,7H,2-3,6H2,1H3,(H,17,18)(H,19,20). The topological polar surface area (TPSA) is 62.2 Å². The molecule has 0 unspecified atom stereocenters. The highest BCUT2D eigenvalue weighted by Crippen LogP contribution is 2.32. The minimum Gasteiger partial charge on any atom is -0.478 e. The van der Waals surface area contributed by atoms with Crippen LogP contribution < -0.4 is 5.32 Å². The third kappa shape index (κ3) is 2.97. The number of fused-ring (bicyclic) bond motifs is 1. The van der Waals surface area contributed by atoms with E-state index < -0.39 is 5.97 Å². The Kier molecular flexibility index (Phi) is 4.68. The summed E-state index contributed by atoms with van der Waals surface area (Å²) < 4.78 is 0. The third-order valence-electron chi connectivity index (χ3n) is 2.92. The molecule has 0 aliphatic heterocycles. The highest BCUT2D eigenvalue weighted by molar-refractivity contribution is 6.39. The van der Waals surface area contributed by atoms with E-state index in [0.29, 0.717) is 28.3 Å². The predicted octanol–water partition coefficient (Wildman–Crippen LogP) is 4.45. The molecule has 2 N–H and O–H groups in total. The van der Waals surface area contributed by atoms with Crippen molar-refractivity contribution >= 4 is 45.9 Å². The number of hydrogen-bond donors (Lipinski definition) is 2. The fourth-order valence-electron chi connectivity index (χ4n) is 1.90. The molecule has 0 saturated heterocycles. The van der Waals surface area contributed by atoms with Gasteiger partial charge < -0.3 is 10.4 Å². The number of hydrogen-bond acceptors (Lipinski definition) is 3. The first-order valence-electron chi connectivity index (χ1n) is 6.30. The van der Waals surface area contributed by atoms with Gasteiger partial charge >= 0.3 is 5.97 Å². The second-order valence-electron chi connectivity index (χ2n) is 4.40. The van der Waals surface area contributed by atoms with E-state index in [0.717, 1.165) is 12.8 Å². The molecule has 2 aromatic rings. The number of nitrogens with zero attached hydrogens (tertiary/aromatic N) is 1. The monoisotopic (exact) mass is 312 g/mol. The van der Waals surface area contributed by atoms with Gasteiger partial charge in [-0.15, -0.1) is 0 Å². The van der Waals surface area contributed by atoms with Crippen LogP contribution in [0.5, 0.6) is 0 Å². The van der Waals surface area contributed by atoms with Crippen LogP contribution >= 0.6 is 23.2 Å². The van der Waals surface area contributed by atoms with Crippen molar-refractivity contribution < 1.29 is 9.90 Å². The Bertz CT molecular complexity index is 659. The van der Waals surface area contributed by atoms with Crippen molar-refractivity contribution in [3.8, 4) is 0 Å². The minimum atomic E-state index is -1.11. The van der Waals surface area contributed by atoms with Crippen LogP contribution in [0.1, 0.15) is 30.1 Å². The molecule has 0 aliphatic rings. The van der Waals surface area contributed by atoms with Crippen LogP contribution in [0, 0.1) is 0 Å². The Labute approximate surface area is 126 Å². The number of carbonyl (C=O) groups is 1. The molecule has 1 heterocycles. The van der Waals surface area contributed by atoms with Crippen molar-refractivity contribution in [2.45, 2.75) is 19.8 Å². The number of carboxylic acid groups (broad SMARTS) is 1. The van der Waals surface area contributed by atoms with Crippen LogP contribution in [0.2, 0.25) is 10.0 Å². The largest absolute Gasteiger partial charge is 0.478 e. The lowest BCUT2D eigenvalue weighted by Crippen LogP contribution is -2.10. The maximum atomic E-state index is 11.4. The lowest BCUT2D eigenvalue weighted by molar-refractivity contribution is 0.0698. The molecule has 1 aromatic heterocycles. The SMILES string of the molecule is CCCCNc1nc2ccc(Cl)cc2c(Cl)c1C(=O)O. The van der Waals surface area contributed by atoms with E-state index in [2.05, 4.69) is 17.2 Å². The average molecular weight is 313 g/mol. The van der Waals surface area contributed by atoms with E-state index in [1.54, 1.807) is 18.2 Å². The zero-order valence-electron chi connectivity index (χ0n) is 10.9. The number of nitrogens with one attached hydrogen (secondary N) is 1. The molecule has 0 saturated carbocycles. The molecule has 0 spiro atoms. The lowest BCUT2D eigenvalue weighted by atomic mass is 10.1. The summed E-state index contributed by atoms with van der Waals surface area (Å²) in [5, 5.41) is 13.6. The van der Waals surface area contributed by atoms with Crippen molar-refractivity contribution in [1.29, 1.82) is 0 Å². The summed E-state index contributed by atoms with van der Waals surface area (Å²) in [6.07, 6.45) is 1.93. The number of anilines is 1. The summed E-state index contributed by atoms with van der Waals surface area (Å²) in [5.74, 6) is -0.811. The van der Waals surface area contributed by atoms with Gasteiger partial charge in [0.25, 0.3) is 0 Å². The van der Waals surface area contributed by atoms with Crippen molar-refractivity contribution in [1.82, 2.24) is 4.98 Å². The van der Waals surface area contributed by atoms with E-state index in [1.807, 2.05) is 0 Å². The van der Waals surface area contributed by atoms with Crippen LogP contribution in [-0.2, 0) is 0 Å². The number of benzene rings is 1. The summed E-state index contributed by atoms with van der Waals surface area (Å²) in [4.78, 5) is 15.7. The molecule has 6 heteroatoms. The second kappa shape index (κ2) is 6.29. The molecule has 4 nitrogen and oxygen atoms in total. The smallest absolute Gasteiger partial charge is 0.341 e. The number of rotatable bonds is 5. The highest BCUT2D eigenvalue weighted by atomic mass is 35.5. The fourth-order valence-corrected chi connectivity index (χ4v) is 2.40. The predicted molar refractivity (Wildman–Crippen MR) is 82.1 cm³/mol. The van der Waals surface area contributed by atoms with Crippen LogP contribution in [-0.4, -0.2) is 22.6 Å². The first kappa shape index (κ1) is 14.9. The summed E-state index contributed by atoms with van der Waals surface area (Å²) in [7, 11) is 0. The Balaban J connectivity index is 2.58. The Morgan fingerprint density at radius 2 is 2.15 bits per heavy atom. The van der Waals surface area contributed by atoms with Crippen LogP contribution in [0.15, 0.2) is 18.2 Å². The number of pyridine rings is 1. The molecule has 106 valence electrons. The zero-order chi connectivity index (χ0) is 14.7. The fraction of sp³-hybridized carbons (Fsp3) is 0.286. The van der Waals surface area contributed by atoms with Gasteiger partial charge in [-0.3, -0.25) is 0 Å². The first-order chi connectivity index (χ1) is 9.54. The molecule has 0 fully saturated rings. The van der Waals surface area contributed by atoms with Gasteiger partial charge in [-0.05, 0) is 24.6 Å². The molecular formula is C14H14Cl2N2O2. The van der Waals surface area contributed by atoms with Crippen LogP contribution in [0.4, 0.5) is 5.82 Å². The number of unbranched alkanes of at least 4 members (excludes halogenated alkanes) is 1. The van der Waals surface area contributed by atoms with E-state index in [4.69, 9.17) is 23.2 Å². The highest BCUT2D eigenvalue weighted by Gasteiger charge is 2.19. The summed E-state index contributed by atoms with van der Waals surface area (Å²) in [6.45, 7) is 2.71. The van der Waals surface area contributed by atoms with Gasteiger partial charge in [0.15, 0.2) is 0 Å². The van der Waals surface area contributed by atoms with Gasteiger partial charge in [-0.2, -0.15) is 0 Å². The maximum Gasteiger partial charge on any atom is 0.341 e. The maximum absolute atomic E-state index is 11.4. The molecule has 0 bridgehead atoms. The van der Waals surface area contributed by atoms with Crippen molar-refractivity contribution in [3.63, 3.8) is 0 Å². The Morgan fingerprint density at radius 1 is 1.40 bits per heavy atom. The van der Waals surface area contributed by atoms with Gasteiger partial charge in [0, 0.05) is 17.0 Å². The number of aromatic nitrogens is 1. The van der Waals surface area contributed by atoms with Gasteiger partial charge in [-0.1, -0.05) is 36.5 Å². The van der Waals surface area contributed by atoms with Gasteiger partial charge in [-0.25, -0.2) is 9.78 Å². The van der Waals surface area contributed by atoms with Gasteiger partial charge in [0.2, 0.25) is 0 Å². The Morgan fingerprint density at radius 3 is 2.80 bits per heavy atom. The van der Waals surface area contributed by atoms with E-state index in [-0.39, 0.29) is 10.6 Å². The molecule has 0 radical (unpaired) electrons. The minimum absolute atomic E-state index is 0.0162. The third-order valence-corrected chi connectivity index (χ3v) is 3.55. The molecule has 2 rings (SSSR count). The van der Waals surface area contributed by atoms with Crippen molar-refractivity contribution in [3.05, 3.63) is 33.8 Å². The molecule has 20 heavy (non-hydrogen) atoms. The Hall–Kier alpha value is -1.52. The van der Waals surface area contributed by atoms with Crippen molar-refractivity contribution in [2.75, 3.05) is 11.9 Å². The molecule has 0 atom stereocenters. The zero-order valence-corrected chi connectivity index (χ0v) is 12.4. The van der Waals surface area contributed by atoms with Gasteiger partial charge in [0.05, 0.1) is 10.5 Å². The number of halogens is 2. The summed E-state index contributed by atoms with van der Waals surface area (Å²) in [5.41, 5.74) is 0.598. The average Bonchev–Trinajstić information content (AvgIpc) is 2.39. The molecular weight excluding hydrogens is 299 g/mol. The normalized spacial score (nSPS) is 10.8. The van der Waals surface area contributed by atoms with Crippen LogP contribution in [0.3, 0.4) is 0 Å². The molecule has 0 amide bonds. The molecule has 1 aromatic carbocycles. The molecule has 0 aliphatic carbocycles. The lowest BCUT2D eigenvalue weighted by Gasteiger charge is -2.12.